The highest BCUT2D eigenvalue weighted by Gasteiger charge is 2.23. The fraction of sp³-hybridized carbons (Fsp3) is 0.533. The molecule has 1 aromatic rings. The van der Waals surface area contributed by atoms with Crippen molar-refractivity contribution in [2.75, 3.05) is 31.1 Å². The van der Waals surface area contributed by atoms with Gasteiger partial charge in [-0.25, -0.2) is 4.79 Å². The second-order valence-corrected chi connectivity index (χ2v) is 5.39. The zero-order valence-electron chi connectivity index (χ0n) is 11.9. The molecule has 1 aliphatic rings. The van der Waals surface area contributed by atoms with Crippen molar-refractivity contribution in [1.29, 1.82) is 0 Å². The quantitative estimate of drug-likeness (QED) is 0.907. The molecule has 19 heavy (non-hydrogen) atoms. The molecule has 1 aromatic carbocycles. The summed E-state index contributed by atoms with van der Waals surface area (Å²) in [7, 11) is 0. The Kier molecular flexibility index (Phi) is 4.10. The van der Waals surface area contributed by atoms with Gasteiger partial charge in [-0.15, -0.1) is 0 Å². The van der Waals surface area contributed by atoms with Gasteiger partial charge in [-0.05, 0) is 32.4 Å². The number of nitrogens with zero attached hydrogens (tertiary/aromatic N) is 2. The highest BCUT2D eigenvalue weighted by atomic mass is 16.4. The van der Waals surface area contributed by atoms with Gasteiger partial charge in [0.25, 0.3) is 0 Å². The van der Waals surface area contributed by atoms with Gasteiger partial charge < -0.3 is 10.0 Å². The highest BCUT2D eigenvalue weighted by Crippen LogP contribution is 2.26. The van der Waals surface area contributed by atoms with Crippen LogP contribution >= 0.6 is 0 Å². The number of hydrogen-bond donors (Lipinski definition) is 1. The van der Waals surface area contributed by atoms with E-state index in [0.29, 0.717) is 11.6 Å². The smallest absolute Gasteiger partial charge is 0.337 e. The van der Waals surface area contributed by atoms with Gasteiger partial charge in [-0.1, -0.05) is 12.1 Å². The van der Waals surface area contributed by atoms with Crippen LogP contribution in [0, 0.1) is 6.92 Å². The summed E-state index contributed by atoms with van der Waals surface area (Å²) in [5.74, 6) is -0.843. The van der Waals surface area contributed by atoms with Crippen molar-refractivity contribution in [3.63, 3.8) is 0 Å². The number of aryl methyl sites for hydroxylation is 1. The Morgan fingerprint density at radius 3 is 2.37 bits per heavy atom. The van der Waals surface area contributed by atoms with Gasteiger partial charge in [0.1, 0.15) is 0 Å². The maximum Gasteiger partial charge on any atom is 0.337 e. The molecule has 0 aromatic heterocycles. The van der Waals surface area contributed by atoms with Crippen LogP contribution in [0.5, 0.6) is 0 Å². The fourth-order valence-electron chi connectivity index (χ4n) is 2.71. The van der Waals surface area contributed by atoms with E-state index in [1.807, 2.05) is 19.1 Å². The van der Waals surface area contributed by atoms with Crippen LogP contribution < -0.4 is 4.90 Å². The second-order valence-electron chi connectivity index (χ2n) is 5.39. The Bertz CT molecular complexity index is 463. The number of rotatable bonds is 3. The van der Waals surface area contributed by atoms with Crippen molar-refractivity contribution >= 4 is 11.7 Å². The molecule has 2 rings (SSSR count). The van der Waals surface area contributed by atoms with E-state index < -0.39 is 5.97 Å². The number of piperazine rings is 1. The second kappa shape index (κ2) is 5.61. The molecule has 4 nitrogen and oxygen atoms in total. The third-order valence-corrected chi connectivity index (χ3v) is 3.83. The van der Waals surface area contributed by atoms with Crippen molar-refractivity contribution < 1.29 is 9.90 Å². The normalized spacial score (nSPS) is 16.9. The number of carboxylic acid groups (broad SMARTS) is 1. The zero-order valence-corrected chi connectivity index (χ0v) is 11.9. The first-order valence-electron chi connectivity index (χ1n) is 6.82. The number of anilines is 1. The summed E-state index contributed by atoms with van der Waals surface area (Å²) in [6.07, 6.45) is 0. The van der Waals surface area contributed by atoms with Crippen molar-refractivity contribution in [3.05, 3.63) is 29.3 Å². The lowest BCUT2D eigenvalue weighted by molar-refractivity contribution is 0.0697. The summed E-state index contributed by atoms with van der Waals surface area (Å²) in [6, 6.07) is 6.04. The minimum Gasteiger partial charge on any atom is -0.478 e. The molecule has 4 heteroatoms. The predicted octanol–water partition coefficient (Wildman–Crippen LogP) is 2.22. The van der Waals surface area contributed by atoms with Crippen molar-refractivity contribution in [1.82, 2.24) is 4.90 Å². The van der Waals surface area contributed by atoms with Crippen LogP contribution in [0.25, 0.3) is 0 Å². The van der Waals surface area contributed by atoms with E-state index in [1.54, 1.807) is 6.07 Å². The average molecular weight is 262 g/mol. The number of aromatic carboxylic acids is 1. The minimum absolute atomic E-state index is 0.415. The van der Waals surface area contributed by atoms with Crippen LogP contribution in [0.15, 0.2) is 18.2 Å². The third-order valence-electron chi connectivity index (χ3n) is 3.83. The van der Waals surface area contributed by atoms with Crippen molar-refractivity contribution in [2.45, 2.75) is 26.8 Å². The van der Waals surface area contributed by atoms with Gasteiger partial charge in [0.05, 0.1) is 11.3 Å². The highest BCUT2D eigenvalue weighted by molar-refractivity contribution is 5.95. The fourth-order valence-corrected chi connectivity index (χ4v) is 2.71. The molecule has 0 radical (unpaired) electrons. The summed E-state index contributed by atoms with van der Waals surface area (Å²) in [4.78, 5) is 16.0. The lowest BCUT2D eigenvalue weighted by atomic mass is 10.1. The van der Waals surface area contributed by atoms with Gasteiger partial charge >= 0.3 is 5.97 Å². The number of carboxylic acids is 1. The van der Waals surface area contributed by atoms with E-state index in [-0.39, 0.29) is 0 Å². The number of hydrogen-bond acceptors (Lipinski definition) is 3. The van der Waals surface area contributed by atoms with Crippen LogP contribution in [-0.4, -0.2) is 48.2 Å². The Morgan fingerprint density at radius 2 is 1.84 bits per heavy atom. The Morgan fingerprint density at radius 1 is 1.21 bits per heavy atom. The van der Waals surface area contributed by atoms with Gasteiger partial charge in [0.2, 0.25) is 0 Å². The van der Waals surface area contributed by atoms with Crippen LogP contribution in [0.2, 0.25) is 0 Å². The third kappa shape index (κ3) is 2.89. The van der Waals surface area contributed by atoms with Crippen molar-refractivity contribution in [2.24, 2.45) is 0 Å². The first kappa shape index (κ1) is 13.9. The topological polar surface area (TPSA) is 43.8 Å². The van der Waals surface area contributed by atoms with Crippen molar-refractivity contribution in [3.8, 4) is 0 Å². The maximum absolute atomic E-state index is 11.4. The molecule has 1 saturated heterocycles. The van der Waals surface area contributed by atoms with Gasteiger partial charge in [-0.3, -0.25) is 4.90 Å². The largest absolute Gasteiger partial charge is 0.478 e. The summed E-state index contributed by atoms with van der Waals surface area (Å²) >= 11 is 0. The number of benzene rings is 1. The number of carbonyl (C=O) groups is 1. The van der Waals surface area contributed by atoms with Crippen LogP contribution in [0.1, 0.15) is 29.8 Å². The minimum atomic E-state index is -0.843. The monoisotopic (exact) mass is 262 g/mol. The summed E-state index contributed by atoms with van der Waals surface area (Å²) in [5, 5.41) is 9.32. The van der Waals surface area contributed by atoms with Crippen LogP contribution in [0.4, 0.5) is 5.69 Å². The van der Waals surface area contributed by atoms with E-state index in [1.165, 1.54) is 0 Å². The van der Waals surface area contributed by atoms with E-state index in [2.05, 4.69) is 23.6 Å². The zero-order chi connectivity index (χ0) is 14.0. The Balaban J connectivity index is 2.22. The van der Waals surface area contributed by atoms with E-state index in [0.717, 1.165) is 37.4 Å². The SMILES string of the molecule is Cc1cccc(C(=O)O)c1N1CCN(C(C)C)CC1. The van der Waals surface area contributed by atoms with Crippen LogP contribution in [0.3, 0.4) is 0 Å². The predicted molar refractivity (Wildman–Crippen MR) is 77.1 cm³/mol. The molecular formula is C15H22N2O2. The summed E-state index contributed by atoms with van der Waals surface area (Å²) in [6.45, 7) is 10.2. The lowest BCUT2D eigenvalue weighted by Gasteiger charge is -2.39. The molecule has 104 valence electrons. The molecule has 1 N–H and O–H groups in total. The van der Waals surface area contributed by atoms with E-state index >= 15 is 0 Å². The molecule has 0 aliphatic carbocycles. The standard InChI is InChI=1S/C15H22N2O2/c1-11(2)16-7-9-17(10-8-16)14-12(3)5-4-6-13(14)15(18)19/h4-6,11H,7-10H2,1-3H3,(H,18,19). The Hall–Kier alpha value is -1.55. The molecule has 1 fully saturated rings. The first-order chi connectivity index (χ1) is 9.00. The molecule has 1 aliphatic heterocycles. The van der Waals surface area contributed by atoms with Crippen LogP contribution in [-0.2, 0) is 0 Å². The molecule has 1 heterocycles. The molecular weight excluding hydrogens is 240 g/mol. The number of para-hydroxylation sites is 1. The van der Waals surface area contributed by atoms with Gasteiger partial charge in [-0.2, -0.15) is 0 Å². The van der Waals surface area contributed by atoms with E-state index in [9.17, 15) is 9.90 Å². The van der Waals surface area contributed by atoms with E-state index in [4.69, 9.17) is 0 Å². The molecule has 0 spiro atoms. The molecule has 0 unspecified atom stereocenters. The average Bonchev–Trinajstić information content (AvgIpc) is 2.38. The summed E-state index contributed by atoms with van der Waals surface area (Å²) in [5.41, 5.74) is 2.34. The van der Waals surface area contributed by atoms with Gasteiger partial charge in [0, 0.05) is 32.2 Å². The molecule has 0 bridgehead atoms. The maximum atomic E-state index is 11.4. The van der Waals surface area contributed by atoms with Gasteiger partial charge in [0.15, 0.2) is 0 Å². The molecule has 0 amide bonds. The summed E-state index contributed by atoms with van der Waals surface area (Å²) < 4.78 is 0. The Labute approximate surface area is 114 Å². The lowest BCUT2D eigenvalue weighted by Crippen LogP contribution is -2.49. The first-order valence-corrected chi connectivity index (χ1v) is 6.82. The molecule has 0 atom stereocenters. The molecule has 0 saturated carbocycles.